The topological polar surface area (TPSA) is 39.9 Å². The lowest BCUT2D eigenvalue weighted by atomic mass is 10.1. The van der Waals surface area contributed by atoms with Crippen molar-refractivity contribution in [3.05, 3.63) is 71.3 Å². The quantitative estimate of drug-likeness (QED) is 0.688. The van der Waals surface area contributed by atoms with E-state index in [4.69, 9.17) is 4.74 Å². The van der Waals surface area contributed by atoms with Gasteiger partial charge in [0.2, 0.25) is 0 Å². The molecule has 22 heavy (non-hydrogen) atoms. The molecule has 1 aromatic heterocycles. The lowest BCUT2D eigenvalue weighted by molar-refractivity contribution is 0.208. The van der Waals surface area contributed by atoms with E-state index >= 15 is 0 Å². The van der Waals surface area contributed by atoms with Crippen LogP contribution >= 0.6 is 0 Å². The van der Waals surface area contributed by atoms with Crippen molar-refractivity contribution in [2.45, 2.75) is 26.4 Å². The summed E-state index contributed by atoms with van der Waals surface area (Å²) in [6.45, 7) is 4.00. The highest BCUT2D eigenvalue weighted by molar-refractivity contribution is 5.50. The largest absolute Gasteiger partial charge is 0.483 e. The minimum Gasteiger partial charge on any atom is -0.483 e. The molecule has 0 aliphatic carbocycles. The number of aryl methyl sites for hydroxylation is 2. The molecule has 1 atom stereocenters. The number of aromatic nitrogens is 3. The molecule has 0 amide bonds. The zero-order valence-corrected chi connectivity index (χ0v) is 12.7. The van der Waals surface area contributed by atoms with Gasteiger partial charge in [-0.1, -0.05) is 36.4 Å². The molecule has 0 N–H and O–H groups in total. The van der Waals surface area contributed by atoms with Gasteiger partial charge in [-0.2, -0.15) is 5.10 Å². The number of hydrogen-bond acceptors (Lipinski definition) is 3. The van der Waals surface area contributed by atoms with Crippen molar-refractivity contribution in [2.24, 2.45) is 0 Å². The minimum absolute atomic E-state index is 0.0486. The SMILES string of the molecule is Cc1ccc2c(c1)-n1nc(C)nc1CC(c1ccccc1)O2. The maximum Gasteiger partial charge on any atom is 0.148 e. The van der Waals surface area contributed by atoms with E-state index in [1.807, 2.05) is 35.9 Å². The summed E-state index contributed by atoms with van der Waals surface area (Å²) in [6.07, 6.45) is 0.658. The van der Waals surface area contributed by atoms with Gasteiger partial charge in [-0.05, 0) is 37.1 Å². The van der Waals surface area contributed by atoms with Gasteiger partial charge in [0.1, 0.15) is 29.2 Å². The van der Waals surface area contributed by atoms with Gasteiger partial charge in [0.15, 0.2) is 0 Å². The van der Waals surface area contributed by atoms with E-state index in [-0.39, 0.29) is 6.10 Å². The van der Waals surface area contributed by atoms with Crippen molar-refractivity contribution in [1.82, 2.24) is 14.8 Å². The molecule has 2 aromatic carbocycles. The Kier molecular flexibility index (Phi) is 2.96. The highest BCUT2D eigenvalue weighted by Crippen LogP contribution is 2.34. The molecular formula is C18H17N3O. The van der Waals surface area contributed by atoms with Crippen LogP contribution in [0.3, 0.4) is 0 Å². The van der Waals surface area contributed by atoms with Crippen LogP contribution in [0.25, 0.3) is 5.69 Å². The summed E-state index contributed by atoms with van der Waals surface area (Å²) in [4.78, 5) is 4.59. The molecule has 0 spiro atoms. The Balaban J connectivity index is 1.88. The lowest BCUT2D eigenvalue weighted by Crippen LogP contribution is -2.10. The van der Waals surface area contributed by atoms with Crippen LogP contribution in [-0.4, -0.2) is 14.8 Å². The van der Waals surface area contributed by atoms with Crippen molar-refractivity contribution in [1.29, 1.82) is 0 Å². The monoisotopic (exact) mass is 291 g/mol. The van der Waals surface area contributed by atoms with Crippen LogP contribution in [0.1, 0.15) is 28.9 Å². The summed E-state index contributed by atoms with van der Waals surface area (Å²) < 4.78 is 8.20. The van der Waals surface area contributed by atoms with Crippen LogP contribution in [0.15, 0.2) is 48.5 Å². The van der Waals surface area contributed by atoms with Crippen molar-refractivity contribution >= 4 is 0 Å². The Morgan fingerprint density at radius 2 is 1.91 bits per heavy atom. The van der Waals surface area contributed by atoms with Crippen LogP contribution in [-0.2, 0) is 6.42 Å². The van der Waals surface area contributed by atoms with Crippen molar-refractivity contribution < 1.29 is 4.74 Å². The third-order valence-corrected chi connectivity index (χ3v) is 3.93. The maximum atomic E-state index is 6.28. The molecule has 4 nitrogen and oxygen atoms in total. The first-order valence-corrected chi connectivity index (χ1v) is 7.46. The molecule has 110 valence electrons. The Hall–Kier alpha value is -2.62. The molecule has 1 unspecified atom stereocenters. The van der Waals surface area contributed by atoms with Crippen molar-refractivity contribution in [3.63, 3.8) is 0 Å². The fourth-order valence-corrected chi connectivity index (χ4v) is 2.89. The summed E-state index contributed by atoms with van der Waals surface area (Å²) in [6, 6.07) is 16.5. The zero-order valence-electron chi connectivity index (χ0n) is 12.7. The minimum atomic E-state index is -0.0486. The Morgan fingerprint density at radius 1 is 1.09 bits per heavy atom. The van der Waals surface area contributed by atoms with Crippen LogP contribution in [0.4, 0.5) is 0 Å². The maximum absolute atomic E-state index is 6.28. The van der Waals surface area contributed by atoms with Crippen LogP contribution in [0, 0.1) is 13.8 Å². The van der Waals surface area contributed by atoms with E-state index in [1.54, 1.807) is 0 Å². The van der Waals surface area contributed by atoms with Crippen LogP contribution < -0.4 is 4.74 Å². The van der Waals surface area contributed by atoms with Gasteiger partial charge in [0.05, 0.1) is 0 Å². The molecule has 3 aromatic rings. The van der Waals surface area contributed by atoms with Gasteiger partial charge in [0.25, 0.3) is 0 Å². The van der Waals surface area contributed by atoms with Gasteiger partial charge in [-0.15, -0.1) is 0 Å². The predicted molar refractivity (Wildman–Crippen MR) is 84.3 cm³/mol. The van der Waals surface area contributed by atoms with Crippen LogP contribution in [0.2, 0.25) is 0 Å². The molecule has 1 aliphatic heterocycles. The van der Waals surface area contributed by atoms with Gasteiger partial charge < -0.3 is 4.74 Å². The number of nitrogens with zero attached hydrogens (tertiary/aromatic N) is 3. The Bertz CT molecular complexity index is 824. The molecule has 0 radical (unpaired) electrons. The summed E-state index contributed by atoms with van der Waals surface area (Å²) in [5, 5.41) is 4.55. The molecule has 1 aliphatic rings. The van der Waals surface area contributed by atoms with Gasteiger partial charge >= 0.3 is 0 Å². The number of benzene rings is 2. The van der Waals surface area contributed by atoms with Gasteiger partial charge in [0, 0.05) is 6.42 Å². The van der Waals surface area contributed by atoms with Gasteiger partial charge in [-0.3, -0.25) is 0 Å². The standard InChI is InChI=1S/C18H17N3O/c1-12-8-9-16-15(10-12)21-18(19-13(2)20-21)11-17(22-16)14-6-4-3-5-7-14/h3-10,17H,11H2,1-2H3. The highest BCUT2D eigenvalue weighted by atomic mass is 16.5. The molecule has 0 saturated carbocycles. The molecule has 0 bridgehead atoms. The summed E-state index contributed by atoms with van der Waals surface area (Å²) >= 11 is 0. The summed E-state index contributed by atoms with van der Waals surface area (Å²) in [5.74, 6) is 2.58. The first-order chi connectivity index (χ1) is 10.7. The third kappa shape index (κ3) is 2.17. The first kappa shape index (κ1) is 13.1. The Labute approximate surface area is 129 Å². The second-order valence-corrected chi connectivity index (χ2v) is 5.68. The van der Waals surface area contributed by atoms with Crippen molar-refractivity contribution in [3.8, 4) is 11.4 Å². The average Bonchev–Trinajstić information content (AvgIpc) is 2.82. The summed E-state index contributed by atoms with van der Waals surface area (Å²) in [5.41, 5.74) is 3.30. The fraction of sp³-hybridized carbons (Fsp3) is 0.222. The Morgan fingerprint density at radius 3 is 2.73 bits per heavy atom. The zero-order chi connectivity index (χ0) is 15.1. The second-order valence-electron chi connectivity index (χ2n) is 5.68. The number of hydrogen-bond donors (Lipinski definition) is 0. The molecule has 0 saturated heterocycles. The number of rotatable bonds is 1. The molecule has 2 heterocycles. The predicted octanol–water partition coefficient (Wildman–Crippen LogP) is 3.56. The lowest BCUT2D eigenvalue weighted by Gasteiger charge is -2.17. The fourth-order valence-electron chi connectivity index (χ4n) is 2.89. The molecule has 0 fully saturated rings. The molecule has 4 rings (SSSR count). The number of ether oxygens (including phenoxy) is 1. The summed E-state index contributed by atoms with van der Waals surface area (Å²) in [7, 11) is 0. The third-order valence-electron chi connectivity index (χ3n) is 3.93. The highest BCUT2D eigenvalue weighted by Gasteiger charge is 2.25. The smallest absolute Gasteiger partial charge is 0.148 e. The van der Waals surface area contributed by atoms with Gasteiger partial charge in [-0.25, -0.2) is 9.67 Å². The van der Waals surface area contributed by atoms with Crippen molar-refractivity contribution in [2.75, 3.05) is 0 Å². The van der Waals surface area contributed by atoms with E-state index in [9.17, 15) is 0 Å². The average molecular weight is 291 g/mol. The van der Waals surface area contributed by atoms with Crippen LogP contribution in [0.5, 0.6) is 5.75 Å². The number of fused-ring (bicyclic) bond motifs is 3. The van der Waals surface area contributed by atoms with E-state index in [2.05, 4.69) is 41.3 Å². The van der Waals surface area contributed by atoms with E-state index < -0.39 is 0 Å². The normalized spacial score (nSPS) is 16.4. The molecular weight excluding hydrogens is 274 g/mol. The van der Waals surface area contributed by atoms with E-state index in [1.165, 1.54) is 5.56 Å². The second kappa shape index (κ2) is 4.98. The van der Waals surface area contributed by atoms with E-state index in [0.29, 0.717) is 6.42 Å². The first-order valence-electron chi connectivity index (χ1n) is 7.46. The van der Waals surface area contributed by atoms with E-state index in [0.717, 1.165) is 28.6 Å². The molecule has 4 heteroatoms.